The first kappa shape index (κ1) is 24.9. The van der Waals surface area contributed by atoms with E-state index in [-0.39, 0.29) is 32.9 Å². The van der Waals surface area contributed by atoms with Crippen LogP contribution in [-0.2, 0) is 19.6 Å². The van der Waals surface area contributed by atoms with Gasteiger partial charge in [0.2, 0.25) is 10.0 Å². The van der Waals surface area contributed by atoms with Crippen LogP contribution in [0.5, 0.6) is 0 Å². The predicted octanol–water partition coefficient (Wildman–Crippen LogP) is 3.94. The zero-order valence-electron chi connectivity index (χ0n) is 20.1. The van der Waals surface area contributed by atoms with Crippen LogP contribution in [0.25, 0.3) is 0 Å². The highest BCUT2D eigenvalue weighted by Crippen LogP contribution is 2.53. The number of carbonyl (C=O) groups excluding carboxylic acids is 2. The monoisotopic (exact) mass is 495 g/mol. The van der Waals surface area contributed by atoms with Crippen molar-refractivity contribution in [2.75, 3.05) is 18.5 Å². The van der Waals surface area contributed by atoms with E-state index in [0.717, 1.165) is 19.3 Å². The molecule has 1 saturated heterocycles. The molecule has 1 saturated carbocycles. The molecular formula is C26H29N3O5S. The van der Waals surface area contributed by atoms with Crippen molar-refractivity contribution in [3.63, 3.8) is 0 Å². The van der Waals surface area contributed by atoms with Gasteiger partial charge in [0.25, 0.3) is 5.91 Å². The van der Waals surface area contributed by atoms with Gasteiger partial charge in [-0.05, 0) is 60.4 Å². The topological polar surface area (TPSA) is 117 Å². The second-order valence-electron chi connectivity index (χ2n) is 10.6. The number of hydrogen-bond donors (Lipinski definition) is 1. The van der Waals surface area contributed by atoms with Gasteiger partial charge in [0, 0.05) is 12.6 Å². The molecule has 0 unspecified atom stereocenters. The highest BCUT2D eigenvalue weighted by Gasteiger charge is 2.53. The van der Waals surface area contributed by atoms with Crippen molar-refractivity contribution < 1.29 is 22.7 Å². The summed E-state index contributed by atoms with van der Waals surface area (Å²) >= 11 is 0. The summed E-state index contributed by atoms with van der Waals surface area (Å²) in [5.74, 6) is -1.41. The van der Waals surface area contributed by atoms with Crippen LogP contribution in [0.15, 0.2) is 53.4 Å². The van der Waals surface area contributed by atoms with E-state index < -0.39 is 28.5 Å². The lowest BCUT2D eigenvalue weighted by molar-refractivity contribution is -0.119. The van der Waals surface area contributed by atoms with Crippen molar-refractivity contribution in [3.8, 4) is 6.07 Å². The first-order chi connectivity index (χ1) is 16.4. The standard InChI is InChI=1S/C26H29N3O5S/c1-25(2)12-20-13-26(3,16-25)17-29(20)35(32,33)21-9-6-8-18(11-21)24(31)34-15-23(30)28-22-10-5-4-7-19(22)14-27/h4-11,20H,12-13,15-17H2,1-3H3,(H,28,30)/t20-,26-/m1/s1. The fourth-order valence-corrected chi connectivity index (χ4v) is 7.52. The Bertz CT molecular complexity index is 1310. The van der Waals surface area contributed by atoms with Crippen LogP contribution in [0.3, 0.4) is 0 Å². The van der Waals surface area contributed by atoms with Crippen molar-refractivity contribution in [1.29, 1.82) is 5.26 Å². The number of hydrogen-bond acceptors (Lipinski definition) is 6. The molecule has 0 radical (unpaired) electrons. The van der Waals surface area contributed by atoms with Gasteiger partial charge in [-0.15, -0.1) is 0 Å². The lowest BCUT2D eigenvalue weighted by Gasteiger charge is -2.39. The van der Waals surface area contributed by atoms with Gasteiger partial charge in [-0.1, -0.05) is 39.0 Å². The third-order valence-electron chi connectivity index (χ3n) is 6.70. The number of carbonyl (C=O) groups is 2. The summed E-state index contributed by atoms with van der Waals surface area (Å²) in [5.41, 5.74) is 0.658. The molecule has 0 spiro atoms. The van der Waals surface area contributed by atoms with Crippen molar-refractivity contribution in [3.05, 3.63) is 59.7 Å². The molecule has 1 heterocycles. The molecule has 35 heavy (non-hydrogen) atoms. The second-order valence-corrected chi connectivity index (χ2v) is 12.5. The summed E-state index contributed by atoms with van der Waals surface area (Å²) in [6.07, 6.45) is 2.60. The molecule has 1 aliphatic carbocycles. The Hall–Kier alpha value is -3.22. The van der Waals surface area contributed by atoms with Gasteiger partial charge < -0.3 is 10.1 Å². The van der Waals surface area contributed by atoms with Gasteiger partial charge in [0.05, 0.1) is 21.7 Å². The zero-order valence-corrected chi connectivity index (χ0v) is 20.9. The van der Waals surface area contributed by atoms with Crippen LogP contribution < -0.4 is 5.32 Å². The number of nitriles is 1. The molecule has 1 N–H and O–H groups in total. The summed E-state index contributed by atoms with van der Waals surface area (Å²) in [7, 11) is -3.80. The van der Waals surface area contributed by atoms with E-state index in [1.165, 1.54) is 24.3 Å². The first-order valence-corrected chi connectivity index (χ1v) is 12.9. The molecular weight excluding hydrogens is 466 g/mol. The van der Waals surface area contributed by atoms with E-state index in [2.05, 4.69) is 26.1 Å². The van der Waals surface area contributed by atoms with Crippen molar-refractivity contribution in [2.24, 2.45) is 10.8 Å². The Kier molecular flexibility index (Phi) is 6.47. The third kappa shape index (κ3) is 5.24. The summed E-state index contributed by atoms with van der Waals surface area (Å²) in [6, 6.07) is 14.1. The first-order valence-electron chi connectivity index (χ1n) is 11.5. The van der Waals surface area contributed by atoms with E-state index in [0.29, 0.717) is 12.2 Å². The van der Waals surface area contributed by atoms with Crippen LogP contribution in [0.2, 0.25) is 0 Å². The Balaban J connectivity index is 1.44. The smallest absolute Gasteiger partial charge is 0.338 e. The van der Waals surface area contributed by atoms with E-state index in [4.69, 9.17) is 10.00 Å². The Morgan fingerprint density at radius 3 is 2.63 bits per heavy atom. The number of fused-ring (bicyclic) bond motifs is 2. The number of nitrogens with one attached hydrogen (secondary N) is 1. The van der Waals surface area contributed by atoms with Crippen molar-refractivity contribution >= 4 is 27.6 Å². The SMILES string of the molecule is CC1(C)C[C@@H]2C[C@@](C)(CN2S(=O)(=O)c2cccc(C(=O)OCC(=O)Nc3ccccc3C#N)c2)C1. The van der Waals surface area contributed by atoms with Crippen LogP contribution in [0, 0.1) is 22.2 Å². The lowest BCUT2D eigenvalue weighted by atomic mass is 9.65. The molecule has 2 fully saturated rings. The molecule has 184 valence electrons. The fourth-order valence-electron chi connectivity index (χ4n) is 5.70. The second kappa shape index (κ2) is 9.10. The zero-order chi connectivity index (χ0) is 25.4. The van der Waals surface area contributed by atoms with Crippen molar-refractivity contribution in [1.82, 2.24) is 4.31 Å². The van der Waals surface area contributed by atoms with Crippen LogP contribution in [0.1, 0.15) is 56.0 Å². The Morgan fingerprint density at radius 1 is 1.14 bits per heavy atom. The average Bonchev–Trinajstić information content (AvgIpc) is 3.07. The molecule has 1 amide bonds. The number of esters is 1. The summed E-state index contributed by atoms with van der Waals surface area (Å²) in [4.78, 5) is 24.8. The number of amides is 1. The number of ether oxygens (including phenoxy) is 1. The number of rotatable bonds is 6. The van der Waals surface area contributed by atoms with Crippen molar-refractivity contribution in [2.45, 2.75) is 51.0 Å². The Morgan fingerprint density at radius 2 is 1.89 bits per heavy atom. The van der Waals surface area contributed by atoms with Gasteiger partial charge in [-0.3, -0.25) is 4.79 Å². The Labute approximate surface area is 205 Å². The number of anilines is 1. The van der Waals surface area contributed by atoms with E-state index in [1.54, 1.807) is 28.6 Å². The van der Waals surface area contributed by atoms with Crippen LogP contribution in [-0.4, -0.2) is 43.8 Å². The van der Waals surface area contributed by atoms with E-state index >= 15 is 0 Å². The number of para-hydroxylation sites is 1. The molecule has 2 atom stereocenters. The number of benzene rings is 2. The van der Waals surface area contributed by atoms with Crippen LogP contribution >= 0.6 is 0 Å². The van der Waals surface area contributed by atoms with E-state index in [1.807, 2.05) is 6.07 Å². The number of sulfonamides is 1. The summed E-state index contributed by atoms with van der Waals surface area (Å²) < 4.78 is 33.7. The summed E-state index contributed by atoms with van der Waals surface area (Å²) in [6.45, 7) is 6.39. The molecule has 2 aliphatic rings. The maximum Gasteiger partial charge on any atom is 0.338 e. The molecule has 2 bridgehead atoms. The fraction of sp³-hybridized carbons (Fsp3) is 0.423. The molecule has 0 aromatic heterocycles. The van der Waals surface area contributed by atoms with Gasteiger partial charge in [0.1, 0.15) is 6.07 Å². The lowest BCUT2D eigenvalue weighted by Crippen LogP contribution is -2.37. The number of nitrogens with zero attached hydrogens (tertiary/aromatic N) is 2. The van der Waals surface area contributed by atoms with E-state index in [9.17, 15) is 18.0 Å². The highest BCUT2D eigenvalue weighted by molar-refractivity contribution is 7.89. The van der Waals surface area contributed by atoms with Gasteiger partial charge in [0.15, 0.2) is 6.61 Å². The molecule has 2 aromatic carbocycles. The molecule has 2 aromatic rings. The van der Waals surface area contributed by atoms with Gasteiger partial charge in [-0.25, -0.2) is 13.2 Å². The van der Waals surface area contributed by atoms with Gasteiger partial charge in [-0.2, -0.15) is 9.57 Å². The largest absolute Gasteiger partial charge is 0.452 e. The maximum atomic E-state index is 13.5. The van der Waals surface area contributed by atoms with Crippen LogP contribution in [0.4, 0.5) is 5.69 Å². The van der Waals surface area contributed by atoms with Gasteiger partial charge >= 0.3 is 5.97 Å². The summed E-state index contributed by atoms with van der Waals surface area (Å²) in [5, 5.41) is 11.7. The highest BCUT2D eigenvalue weighted by atomic mass is 32.2. The maximum absolute atomic E-state index is 13.5. The predicted molar refractivity (Wildman–Crippen MR) is 130 cm³/mol. The quantitative estimate of drug-likeness (QED) is 0.607. The molecule has 8 nitrogen and oxygen atoms in total. The molecule has 1 aliphatic heterocycles. The molecule has 9 heteroatoms. The minimum Gasteiger partial charge on any atom is -0.452 e. The normalized spacial score (nSPS) is 23.3. The minimum atomic E-state index is -3.80. The minimum absolute atomic E-state index is 0.0355. The third-order valence-corrected chi connectivity index (χ3v) is 8.59. The average molecular weight is 496 g/mol. The molecule has 4 rings (SSSR count).